The molecule has 1 unspecified atom stereocenters. The van der Waals surface area contributed by atoms with Crippen LogP contribution in [0.2, 0.25) is 0 Å². The van der Waals surface area contributed by atoms with Crippen LogP contribution in [0.4, 0.5) is 8.78 Å². The zero-order valence-electron chi connectivity index (χ0n) is 10.0. The Kier molecular flexibility index (Phi) is 4.35. The van der Waals surface area contributed by atoms with Crippen LogP contribution in [0.15, 0.2) is 4.40 Å². The molecule has 1 rings (SSSR count). The van der Waals surface area contributed by atoms with E-state index in [1.165, 1.54) is 6.21 Å². The number of rotatable bonds is 2. The highest BCUT2D eigenvalue weighted by molar-refractivity contribution is 7.91. The first-order valence-electron chi connectivity index (χ1n) is 5.55. The quantitative estimate of drug-likeness (QED) is 0.547. The van der Waals surface area contributed by atoms with Crippen molar-refractivity contribution in [3.05, 3.63) is 0 Å². The van der Waals surface area contributed by atoms with E-state index in [-0.39, 0.29) is 18.8 Å². The predicted molar refractivity (Wildman–Crippen MR) is 63.3 cm³/mol. The Morgan fingerprint density at radius 3 is 2.56 bits per heavy atom. The molecular weight excluding hydrogens is 232 g/mol. The van der Waals surface area contributed by atoms with Crippen molar-refractivity contribution in [2.75, 3.05) is 0 Å². The van der Waals surface area contributed by atoms with E-state index in [1.807, 2.05) is 20.8 Å². The molecule has 1 fully saturated rings. The molecule has 0 bridgehead atoms. The molecule has 0 aromatic heterocycles. The summed E-state index contributed by atoms with van der Waals surface area (Å²) in [6, 6.07) is 0. The molecule has 0 aliphatic heterocycles. The van der Waals surface area contributed by atoms with Crippen LogP contribution in [0, 0.1) is 5.92 Å². The van der Waals surface area contributed by atoms with Crippen LogP contribution in [-0.2, 0) is 11.4 Å². The lowest BCUT2D eigenvalue weighted by Crippen LogP contribution is -2.29. The normalized spacial score (nSPS) is 28.2. The first-order valence-corrected chi connectivity index (χ1v) is 6.65. The third-order valence-electron chi connectivity index (χ3n) is 2.57. The summed E-state index contributed by atoms with van der Waals surface area (Å²) >= 11 is -1.34. The Labute approximate surface area is 98.8 Å². The van der Waals surface area contributed by atoms with Gasteiger partial charge in [-0.1, -0.05) is 4.40 Å². The lowest BCUT2D eigenvalue weighted by Gasteiger charge is -2.26. The minimum Gasteiger partial charge on any atom is -0.591 e. The summed E-state index contributed by atoms with van der Waals surface area (Å²) in [6.45, 7) is 5.45. The zero-order valence-corrected chi connectivity index (χ0v) is 10.8. The summed E-state index contributed by atoms with van der Waals surface area (Å²) in [6.07, 6.45) is 2.53. The summed E-state index contributed by atoms with van der Waals surface area (Å²) in [7, 11) is 0. The maximum Gasteiger partial charge on any atom is 0.248 e. The molecule has 0 N–H and O–H groups in total. The average Bonchev–Trinajstić information content (AvgIpc) is 2.11. The first kappa shape index (κ1) is 13.9. The van der Waals surface area contributed by atoms with Gasteiger partial charge >= 0.3 is 0 Å². The third-order valence-corrected chi connectivity index (χ3v) is 3.93. The fourth-order valence-electron chi connectivity index (χ4n) is 1.64. The molecule has 0 saturated heterocycles. The molecule has 2 atom stereocenters. The first-order chi connectivity index (χ1) is 7.21. The molecule has 5 heteroatoms. The molecule has 0 aromatic rings. The third kappa shape index (κ3) is 4.37. The number of alkyl halides is 2. The summed E-state index contributed by atoms with van der Waals surface area (Å²) < 4.78 is 41.2. The van der Waals surface area contributed by atoms with Crippen LogP contribution in [-0.4, -0.2) is 21.4 Å². The summed E-state index contributed by atoms with van der Waals surface area (Å²) in [5.41, 5.74) is 0. The van der Waals surface area contributed by atoms with Gasteiger partial charge in [0, 0.05) is 18.8 Å². The molecule has 0 spiro atoms. The minimum atomic E-state index is -2.57. The maximum absolute atomic E-state index is 13.1. The summed E-state index contributed by atoms with van der Waals surface area (Å²) in [4.78, 5) is 0. The van der Waals surface area contributed by atoms with Crippen LogP contribution in [0.25, 0.3) is 0 Å². The van der Waals surface area contributed by atoms with Crippen molar-refractivity contribution in [2.45, 2.75) is 57.1 Å². The Morgan fingerprint density at radius 1 is 1.44 bits per heavy atom. The van der Waals surface area contributed by atoms with Gasteiger partial charge in [0.15, 0.2) is 0 Å². The molecule has 1 aliphatic rings. The van der Waals surface area contributed by atoms with Crippen molar-refractivity contribution in [1.29, 1.82) is 0 Å². The molecule has 16 heavy (non-hydrogen) atoms. The number of halogens is 2. The predicted octanol–water partition coefficient (Wildman–Crippen LogP) is 3.34. The SMILES string of the molecule is CC(C)(C)[S@@+]([O-])N=CC1CCCC(F)(F)C1. The summed E-state index contributed by atoms with van der Waals surface area (Å²) in [5.74, 6) is -2.80. The fourth-order valence-corrected chi connectivity index (χ4v) is 2.24. The van der Waals surface area contributed by atoms with Crippen molar-refractivity contribution in [2.24, 2.45) is 10.3 Å². The Balaban J connectivity index is 2.51. The van der Waals surface area contributed by atoms with Crippen molar-refractivity contribution < 1.29 is 13.3 Å². The van der Waals surface area contributed by atoms with Gasteiger partial charge in [-0.3, -0.25) is 0 Å². The van der Waals surface area contributed by atoms with Crippen molar-refractivity contribution in [3.8, 4) is 0 Å². The van der Waals surface area contributed by atoms with Gasteiger partial charge in [-0.25, -0.2) is 8.78 Å². The number of hydrogen-bond donors (Lipinski definition) is 0. The minimum absolute atomic E-state index is 0.0281. The zero-order chi connectivity index (χ0) is 12.4. The molecule has 0 heterocycles. The highest BCUT2D eigenvalue weighted by Gasteiger charge is 2.36. The largest absolute Gasteiger partial charge is 0.591 e. The number of hydrogen-bond acceptors (Lipinski definition) is 2. The van der Waals surface area contributed by atoms with Gasteiger partial charge in [-0.05, 0) is 33.6 Å². The van der Waals surface area contributed by atoms with Crippen molar-refractivity contribution in [3.63, 3.8) is 0 Å². The van der Waals surface area contributed by atoms with Gasteiger partial charge in [-0.2, -0.15) is 0 Å². The van der Waals surface area contributed by atoms with Crippen molar-refractivity contribution in [1.82, 2.24) is 0 Å². The molecule has 94 valence electrons. The highest BCUT2D eigenvalue weighted by Crippen LogP contribution is 2.36. The van der Waals surface area contributed by atoms with E-state index in [2.05, 4.69) is 4.40 Å². The van der Waals surface area contributed by atoms with Gasteiger partial charge in [-0.15, -0.1) is 0 Å². The van der Waals surface area contributed by atoms with E-state index in [9.17, 15) is 13.3 Å². The second-order valence-electron chi connectivity index (χ2n) is 5.33. The lowest BCUT2D eigenvalue weighted by atomic mass is 9.87. The summed E-state index contributed by atoms with van der Waals surface area (Å²) in [5, 5.41) is 0. The van der Waals surface area contributed by atoms with Gasteiger partial charge in [0.05, 0.1) is 6.21 Å². The maximum atomic E-state index is 13.1. The Hall–Kier alpha value is -0.160. The highest BCUT2D eigenvalue weighted by atomic mass is 32.2. The van der Waals surface area contributed by atoms with E-state index in [1.54, 1.807) is 0 Å². The van der Waals surface area contributed by atoms with Gasteiger partial charge in [0.25, 0.3) is 0 Å². The number of nitrogens with zero attached hydrogens (tertiary/aromatic N) is 1. The average molecular weight is 251 g/mol. The molecule has 1 aliphatic carbocycles. The molecule has 1 saturated carbocycles. The molecule has 0 amide bonds. The van der Waals surface area contributed by atoms with E-state index >= 15 is 0 Å². The van der Waals surface area contributed by atoms with Gasteiger partial charge < -0.3 is 4.55 Å². The second-order valence-corrected chi connectivity index (χ2v) is 7.26. The van der Waals surface area contributed by atoms with Crippen LogP contribution in [0.1, 0.15) is 46.5 Å². The molecule has 0 radical (unpaired) electrons. The van der Waals surface area contributed by atoms with Gasteiger partial charge in [0.1, 0.15) is 16.1 Å². The fraction of sp³-hybridized carbons (Fsp3) is 0.909. The van der Waals surface area contributed by atoms with E-state index in [4.69, 9.17) is 0 Å². The van der Waals surface area contributed by atoms with Crippen LogP contribution >= 0.6 is 0 Å². The lowest BCUT2D eigenvalue weighted by molar-refractivity contribution is -0.0420. The van der Waals surface area contributed by atoms with Crippen LogP contribution in [0.5, 0.6) is 0 Å². The van der Waals surface area contributed by atoms with Gasteiger partial charge in [0.2, 0.25) is 5.92 Å². The van der Waals surface area contributed by atoms with Crippen molar-refractivity contribution >= 4 is 17.6 Å². The van der Waals surface area contributed by atoms with Crippen LogP contribution < -0.4 is 0 Å². The van der Waals surface area contributed by atoms with E-state index in [0.29, 0.717) is 6.42 Å². The standard InChI is InChI=1S/C11H19F2NOS/c1-10(2,3)16(15)14-8-9-5-4-6-11(12,13)7-9/h8-9H,4-7H2,1-3H3/t9?,16-/m1/s1. The van der Waals surface area contributed by atoms with Crippen LogP contribution in [0.3, 0.4) is 0 Å². The van der Waals surface area contributed by atoms with E-state index in [0.717, 1.165) is 6.42 Å². The molecule has 0 aromatic carbocycles. The Morgan fingerprint density at radius 2 is 2.06 bits per heavy atom. The molecule has 2 nitrogen and oxygen atoms in total. The Bertz CT molecular complexity index is 263. The topological polar surface area (TPSA) is 35.4 Å². The smallest absolute Gasteiger partial charge is 0.248 e. The van der Waals surface area contributed by atoms with E-state index < -0.39 is 22.0 Å². The molecular formula is C11H19F2NOS. The monoisotopic (exact) mass is 251 g/mol. The second kappa shape index (κ2) is 5.00.